The second kappa shape index (κ2) is 6.82. The van der Waals surface area contributed by atoms with Gasteiger partial charge in [0.2, 0.25) is 5.13 Å². The van der Waals surface area contributed by atoms with Crippen molar-refractivity contribution in [2.45, 2.75) is 19.0 Å². The molecule has 0 aromatic carbocycles. The van der Waals surface area contributed by atoms with E-state index in [1.54, 1.807) is 16.7 Å². The van der Waals surface area contributed by atoms with E-state index < -0.39 is 12.6 Å². The summed E-state index contributed by atoms with van der Waals surface area (Å²) in [5.74, 6) is 1.47. The van der Waals surface area contributed by atoms with E-state index in [4.69, 9.17) is 0 Å². The Hall–Kier alpha value is -1.03. The number of likely N-dealkylation sites (tertiary alicyclic amines) is 1. The van der Waals surface area contributed by atoms with Gasteiger partial charge >= 0.3 is 12.2 Å². The standard InChI is InChI=1S/C11H15F3N4OS2/c1-20-6-7-2-3-18(5-7)10(19)15-9-17-16-8(21-9)4-11(12,13)14/h7H,2-6H2,1H3,(H,15,17,19)/t7-/m0/s1. The third-order valence-corrected chi connectivity index (χ3v) is 4.65. The summed E-state index contributed by atoms with van der Waals surface area (Å²) in [4.78, 5) is 13.6. The third kappa shape index (κ3) is 5.03. The van der Waals surface area contributed by atoms with Gasteiger partial charge in [0.1, 0.15) is 5.01 Å². The lowest BCUT2D eigenvalue weighted by Gasteiger charge is -2.15. The molecule has 21 heavy (non-hydrogen) atoms. The number of amides is 2. The van der Waals surface area contributed by atoms with E-state index in [-0.39, 0.29) is 16.2 Å². The van der Waals surface area contributed by atoms with Crippen molar-refractivity contribution < 1.29 is 18.0 Å². The topological polar surface area (TPSA) is 58.1 Å². The minimum atomic E-state index is -4.32. The van der Waals surface area contributed by atoms with Gasteiger partial charge in [0.15, 0.2) is 0 Å². The summed E-state index contributed by atoms with van der Waals surface area (Å²) in [6.07, 6.45) is -2.48. The van der Waals surface area contributed by atoms with E-state index >= 15 is 0 Å². The Kier molecular flexibility index (Phi) is 5.31. The van der Waals surface area contributed by atoms with Crippen LogP contribution in [0.1, 0.15) is 11.4 Å². The highest BCUT2D eigenvalue weighted by Crippen LogP contribution is 2.26. The predicted octanol–water partition coefficient (Wildman–Crippen LogP) is 2.86. The van der Waals surface area contributed by atoms with Crippen LogP contribution < -0.4 is 5.32 Å². The molecular weight excluding hydrogens is 325 g/mol. The molecule has 118 valence electrons. The summed E-state index contributed by atoms with van der Waals surface area (Å²) < 4.78 is 36.6. The quantitative estimate of drug-likeness (QED) is 0.916. The van der Waals surface area contributed by atoms with Gasteiger partial charge in [0.25, 0.3) is 0 Å². The maximum Gasteiger partial charge on any atom is 0.395 e. The van der Waals surface area contributed by atoms with Crippen LogP contribution >= 0.6 is 23.1 Å². The SMILES string of the molecule is CSC[C@H]1CCN(C(=O)Nc2nnc(CC(F)(F)F)s2)C1. The monoisotopic (exact) mass is 340 g/mol. The van der Waals surface area contributed by atoms with Gasteiger partial charge in [-0.25, -0.2) is 4.79 Å². The van der Waals surface area contributed by atoms with Crippen molar-refractivity contribution in [3.8, 4) is 0 Å². The van der Waals surface area contributed by atoms with Crippen molar-refractivity contribution in [1.82, 2.24) is 15.1 Å². The summed E-state index contributed by atoms with van der Waals surface area (Å²) in [6, 6.07) is -0.326. The van der Waals surface area contributed by atoms with Crippen LogP contribution in [-0.4, -0.2) is 52.4 Å². The number of aromatic nitrogens is 2. The van der Waals surface area contributed by atoms with Crippen molar-refractivity contribution in [3.63, 3.8) is 0 Å². The van der Waals surface area contributed by atoms with Gasteiger partial charge in [-0.1, -0.05) is 11.3 Å². The Labute approximate surface area is 128 Å². The zero-order chi connectivity index (χ0) is 15.5. The molecule has 2 rings (SSSR count). The fourth-order valence-electron chi connectivity index (χ4n) is 2.11. The van der Waals surface area contributed by atoms with Crippen LogP contribution in [0.5, 0.6) is 0 Å². The highest BCUT2D eigenvalue weighted by Gasteiger charge is 2.30. The first-order valence-electron chi connectivity index (χ1n) is 6.31. The van der Waals surface area contributed by atoms with E-state index in [0.717, 1.165) is 23.5 Å². The molecule has 1 aliphatic rings. The van der Waals surface area contributed by atoms with Crippen molar-refractivity contribution >= 4 is 34.3 Å². The maximum absolute atomic E-state index is 12.2. The molecule has 1 aromatic rings. The smallest absolute Gasteiger partial charge is 0.324 e. The number of thioether (sulfide) groups is 1. The number of hydrogen-bond donors (Lipinski definition) is 1. The van der Waals surface area contributed by atoms with Crippen molar-refractivity contribution in [3.05, 3.63) is 5.01 Å². The molecule has 5 nitrogen and oxygen atoms in total. The molecule has 1 atom stereocenters. The largest absolute Gasteiger partial charge is 0.395 e. The van der Waals surface area contributed by atoms with Crippen LogP contribution in [0.25, 0.3) is 0 Å². The molecule has 10 heteroatoms. The molecule has 1 saturated heterocycles. The van der Waals surface area contributed by atoms with E-state index in [1.807, 2.05) is 6.26 Å². The molecule has 0 unspecified atom stereocenters. The Balaban J connectivity index is 1.86. The van der Waals surface area contributed by atoms with Crippen LogP contribution in [0.4, 0.5) is 23.1 Å². The van der Waals surface area contributed by atoms with Crippen LogP contribution in [-0.2, 0) is 6.42 Å². The second-order valence-electron chi connectivity index (χ2n) is 4.78. The molecule has 0 bridgehead atoms. The average Bonchev–Trinajstić information content (AvgIpc) is 2.97. The minimum absolute atomic E-state index is 0.104. The minimum Gasteiger partial charge on any atom is -0.324 e. The molecular formula is C11H15F3N4OS2. The van der Waals surface area contributed by atoms with Gasteiger partial charge in [-0.3, -0.25) is 5.32 Å². The number of rotatable bonds is 4. The average molecular weight is 340 g/mol. The molecule has 0 radical (unpaired) electrons. The first-order valence-corrected chi connectivity index (χ1v) is 8.52. The first kappa shape index (κ1) is 16.3. The Morgan fingerprint density at radius 1 is 1.52 bits per heavy atom. The molecule has 1 aromatic heterocycles. The summed E-state index contributed by atoms with van der Waals surface area (Å²) in [5.41, 5.74) is 0. The highest BCUT2D eigenvalue weighted by atomic mass is 32.2. The maximum atomic E-state index is 12.2. The van der Waals surface area contributed by atoms with Gasteiger partial charge in [0, 0.05) is 13.1 Å². The Morgan fingerprint density at radius 2 is 2.29 bits per heavy atom. The van der Waals surface area contributed by atoms with Crippen LogP contribution in [0, 0.1) is 5.92 Å². The molecule has 1 N–H and O–H groups in total. The number of alkyl halides is 3. The normalized spacial score (nSPS) is 19.0. The van der Waals surface area contributed by atoms with Crippen molar-refractivity contribution in [2.75, 3.05) is 30.4 Å². The molecule has 0 aliphatic carbocycles. The number of hydrogen-bond acceptors (Lipinski definition) is 5. The molecule has 2 amide bonds. The Bertz CT molecular complexity index is 494. The first-order chi connectivity index (χ1) is 9.87. The van der Waals surface area contributed by atoms with Gasteiger partial charge in [-0.2, -0.15) is 24.9 Å². The second-order valence-corrected chi connectivity index (χ2v) is 6.75. The van der Waals surface area contributed by atoms with E-state index in [0.29, 0.717) is 19.0 Å². The van der Waals surface area contributed by atoms with Crippen molar-refractivity contribution in [2.24, 2.45) is 5.92 Å². The number of halogens is 3. The molecule has 2 heterocycles. The number of nitrogens with zero attached hydrogens (tertiary/aromatic N) is 3. The zero-order valence-corrected chi connectivity index (χ0v) is 12.9. The highest BCUT2D eigenvalue weighted by molar-refractivity contribution is 7.98. The lowest BCUT2D eigenvalue weighted by Crippen LogP contribution is -2.33. The molecule has 0 saturated carbocycles. The Morgan fingerprint density at radius 3 is 2.95 bits per heavy atom. The molecule has 0 spiro atoms. The van der Waals surface area contributed by atoms with Gasteiger partial charge < -0.3 is 4.90 Å². The number of nitrogens with one attached hydrogen (secondary N) is 1. The van der Waals surface area contributed by atoms with Crippen LogP contribution in [0.2, 0.25) is 0 Å². The molecule has 1 fully saturated rings. The lowest BCUT2D eigenvalue weighted by atomic mass is 10.2. The number of anilines is 1. The number of carbonyl (C=O) groups is 1. The van der Waals surface area contributed by atoms with Crippen LogP contribution in [0.15, 0.2) is 0 Å². The van der Waals surface area contributed by atoms with E-state index in [2.05, 4.69) is 15.5 Å². The third-order valence-electron chi connectivity index (χ3n) is 3.01. The van der Waals surface area contributed by atoms with Gasteiger partial charge in [-0.15, -0.1) is 10.2 Å². The van der Waals surface area contributed by atoms with Gasteiger partial charge in [0.05, 0.1) is 6.42 Å². The fraction of sp³-hybridized carbons (Fsp3) is 0.727. The number of carbonyl (C=O) groups excluding carboxylic acids is 1. The molecule has 1 aliphatic heterocycles. The van der Waals surface area contributed by atoms with E-state index in [1.165, 1.54) is 0 Å². The fourth-order valence-corrected chi connectivity index (χ4v) is 3.61. The predicted molar refractivity (Wildman–Crippen MR) is 76.7 cm³/mol. The van der Waals surface area contributed by atoms with Gasteiger partial charge in [-0.05, 0) is 24.3 Å². The van der Waals surface area contributed by atoms with Crippen LogP contribution in [0.3, 0.4) is 0 Å². The summed E-state index contributed by atoms with van der Waals surface area (Å²) >= 11 is 2.49. The summed E-state index contributed by atoms with van der Waals surface area (Å²) in [7, 11) is 0. The lowest BCUT2D eigenvalue weighted by molar-refractivity contribution is -0.127. The van der Waals surface area contributed by atoms with Crippen molar-refractivity contribution in [1.29, 1.82) is 0 Å². The summed E-state index contributed by atoms with van der Waals surface area (Å²) in [5, 5.41) is 9.47. The summed E-state index contributed by atoms with van der Waals surface area (Å²) in [6.45, 7) is 1.33. The van der Waals surface area contributed by atoms with E-state index in [9.17, 15) is 18.0 Å². The number of urea groups is 1. The zero-order valence-electron chi connectivity index (χ0n) is 11.3.